The summed E-state index contributed by atoms with van der Waals surface area (Å²) in [6, 6.07) is 0. The third kappa shape index (κ3) is 26.2. The molecule has 0 fully saturated rings. The zero-order valence-electron chi connectivity index (χ0n) is 26.5. The average molecular weight is 645 g/mol. The molecule has 0 spiro atoms. The minimum absolute atomic E-state index is 0.0518. The summed E-state index contributed by atoms with van der Waals surface area (Å²) in [5.74, 6) is -0.365. The summed E-state index contributed by atoms with van der Waals surface area (Å²) in [5.41, 5.74) is 0. The fourth-order valence-electron chi connectivity index (χ4n) is 3.84. The first-order chi connectivity index (χ1) is 21.3. The summed E-state index contributed by atoms with van der Waals surface area (Å²) in [6.07, 6.45) is 4.87. The van der Waals surface area contributed by atoms with Gasteiger partial charge in [0.25, 0.3) is 0 Å². The Morgan fingerprint density at radius 1 is 0.500 bits per heavy atom. The smallest absolute Gasteiger partial charge is 0.305 e. The molecule has 264 valence electrons. The minimum Gasteiger partial charge on any atom is -0.463 e. The number of carbonyl (C=O) groups is 1. The van der Waals surface area contributed by atoms with Gasteiger partial charge in [-0.2, -0.15) is 0 Å². The van der Waals surface area contributed by atoms with Crippen molar-refractivity contribution in [3.8, 4) is 0 Å². The number of aliphatic hydroxyl groups is 7. The van der Waals surface area contributed by atoms with E-state index in [-0.39, 0.29) is 65.2 Å². The second-order valence-corrected chi connectivity index (χ2v) is 10.9. The van der Waals surface area contributed by atoms with Crippen LogP contribution in [0.25, 0.3) is 0 Å². The Morgan fingerprint density at radius 2 is 0.932 bits per heavy atom. The first-order valence-corrected chi connectivity index (χ1v) is 15.9. The van der Waals surface area contributed by atoms with Crippen molar-refractivity contribution in [1.29, 1.82) is 0 Å². The molecule has 6 unspecified atom stereocenters. The maximum absolute atomic E-state index is 12.4. The van der Waals surface area contributed by atoms with E-state index in [0.717, 1.165) is 25.7 Å². The van der Waals surface area contributed by atoms with Crippen molar-refractivity contribution < 1.29 is 69.0 Å². The van der Waals surface area contributed by atoms with Crippen LogP contribution in [0.4, 0.5) is 0 Å². The highest BCUT2D eigenvalue weighted by atomic mass is 16.6. The molecule has 0 saturated heterocycles. The van der Waals surface area contributed by atoms with Gasteiger partial charge in [-0.25, -0.2) is 0 Å². The molecule has 0 aromatic heterocycles. The summed E-state index contributed by atoms with van der Waals surface area (Å²) in [5, 5.41) is 65.2. The number of unbranched alkanes of at least 4 members (excludes halogenated alkanes) is 8. The quantitative estimate of drug-likeness (QED) is 0.0361. The summed E-state index contributed by atoms with van der Waals surface area (Å²) < 4.78 is 33.2. The molecule has 6 atom stereocenters. The number of ether oxygens (including phenoxy) is 6. The van der Waals surface area contributed by atoms with E-state index in [1.165, 1.54) is 32.1 Å². The Kier molecular flexibility index (Phi) is 29.9. The van der Waals surface area contributed by atoms with E-state index in [1.54, 1.807) is 0 Å². The van der Waals surface area contributed by atoms with Gasteiger partial charge in [-0.3, -0.25) is 4.79 Å². The molecule has 0 saturated carbocycles. The van der Waals surface area contributed by atoms with Crippen molar-refractivity contribution in [2.45, 2.75) is 108 Å². The second kappa shape index (κ2) is 30.6. The molecule has 0 aliphatic rings. The molecule has 7 N–H and O–H groups in total. The van der Waals surface area contributed by atoms with Crippen LogP contribution in [0.5, 0.6) is 0 Å². The highest BCUT2D eigenvalue weighted by molar-refractivity contribution is 5.69. The molecule has 0 aromatic rings. The lowest BCUT2D eigenvalue weighted by atomic mass is 10.1. The molecule has 0 heterocycles. The maximum Gasteiger partial charge on any atom is 0.305 e. The van der Waals surface area contributed by atoms with Crippen LogP contribution in [0.15, 0.2) is 0 Å². The monoisotopic (exact) mass is 644 g/mol. The SMILES string of the molecule is CCCCCCCCCCCC(=O)OCC(COCC(CO)OCC(O)CO)OCC(COCC(O)CO)OCC(O)CO. The number of hydrogen-bond acceptors (Lipinski definition) is 14. The lowest BCUT2D eigenvalue weighted by Gasteiger charge is -2.24. The Hall–Kier alpha value is -1.01. The van der Waals surface area contributed by atoms with E-state index in [4.69, 9.17) is 43.7 Å². The van der Waals surface area contributed by atoms with Gasteiger partial charge in [-0.15, -0.1) is 0 Å². The average Bonchev–Trinajstić information content (AvgIpc) is 3.03. The van der Waals surface area contributed by atoms with Crippen LogP contribution in [0, 0.1) is 0 Å². The Morgan fingerprint density at radius 3 is 1.48 bits per heavy atom. The predicted molar refractivity (Wildman–Crippen MR) is 160 cm³/mol. The molecule has 14 heteroatoms. The fourth-order valence-corrected chi connectivity index (χ4v) is 3.84. The van der Waals surface area contributed by atoms with Gasteiger partial charge in [0.05, 0.1) is 72.7 Å². The standard InChI is InChI=1S/C30H60O14/c1-2-3-4-5-6-7-8-9-10-11-30(38)44-23-29(21-40-19-27(15-34)41-17-25(36)13-32)43-22-28(42-18-26(37)14-33)20-39-16-24(35)12-31/h24-29,31-37H,2-23H2,1H3. The fraction of sp³-hybridized carbons (Fsp3) is 0.967. The Balaban J connectivity index is 4.89. The van der Waals surface area contributed by atoms with Crippen LogP contribution in [0.2, 0.25) is 0 Å². The number of carbonyl (C=O) groups excluding carboxylic acids is 1. The minimum atomic E-state index is -1.12. The van der Waals surface area contributed by atoms with Crippen molar-refractivity contribution in [2.24, 2.45) is 0 Å². The van der Waals surface area contributed by atoms with E-state index < -0.39 is 63.1 Å². The molecule has 0 amide bonds. The maximum atomic E-state index is 12.4. The summed E-state index contributed by atoms with van der Waals surface area (Å²) >= 11 is 0. The molecule has 0 aliphatic carbocycles. The first kappa shape index (κ1) is 43.0. The van der Waals surface area contributed by atoms with Crippen LogP contribution in [-0.4, -0.2) is 158 Å². The normalized spacial score (nSPS) is 15.9. The topological polar surface area (TPSA) is 214 Å². The van der Waals surface area contributed by atoms with Crippen LogP contribution in [0.3, 0.4) is 0 Å². The van der Waals surface area contributed by atoms with Crippen molar-refractivity contribution in [2.75, 3.05) is 79.3 Å². The van der Waals surface area contributed by atoms with Crippen molar-refractivity contribution in [3.63, 3.8) is 0 Å². The van der Waals surface area contributed by atoms with Gasteiger partial charge in [0, 0.05) is 6.42 Å². The van der Waals surface area contributed by atoms with Crippen LogP contribution >= 0.6 is 0 Å². The summed E-state index contributed by atoms with van der Waals surface area (Å²) in [6.45, 7) is -0.609. The number of rotatable bonds is 33. The highest BCUT2D eigenvalue weighted by Gasteiger charge is 2.20. The number of hydrogen-bond donors (Lipinski definition) is 7. The molecular formula is C30H60O14. The van der Waals surface area contributed by atoms with Crippen molar-refractivity contribution >= 4 is 5.97 Å². The van der Waals surface area contributed by atoms with Gasteiger partial charge in [-0.05, 0) is 6.42 Å². The zero-order chi connectivity index (χ0) is 32.8. The van der Waals surface area contributed by atoms with E-state index >= 15 is 0 Å². The Bertz CT molecular complexity index is 629. The van der Waals surface area contributed by atoms with Gasteiger partial charge in [-0.1, -0.05) is 58.3 Å². The molecule has 0 bridgehead atoms. The van der Waals surface area contributed by atoms with Crippen LogP contribution in [-0.2, 0) is 33.2 Å². The lowest BCUT2D eigenvalue weighted by Crippen LogP contribution is -2.37. The van der Waals surface area contributed by atoms with Gasteiger partial charge in [0.15, 0.2) is 0 Å². The van der Waals surface area contributed by atoms with E-state index in [0.29, 0.717) is 0 Å². The third-order valence-corrected chi connectivity index (χ3v) is 6.54. The van der Waals surface area contributed by atoms with Gasteiger partial charge < -0.3 is 64.2 Å². The lowest BCUT2D eigenvalue weighted by molar-refractivity contribution is -0.156. The van der Waals surface area contributed by atoms with E-state index in [9.17, 15) is 25.2 Å². The van der Waals surface area contributed by atoms with E-state index in [1.807, 2.05) is 0 Å². The molecule has 44 heavy (non-hydrogen) atoms. The summed E-state index contributed by atoms with van der Waals surface area (Å²) in [7, 11) is 0. The molecule has 0 radical (unpaired) electrons. The van der Waals surface area contributed by atoms with E-state index in [2.05, 4.69) is 6.92 Å². The van der Waals surface area contributed by atoms with Gasteiger partial charge in [0.2, 0.25) is 0 Å². The van der Waals surface area contributed by atoms with Gasteiger partial charge in [0.1, 0.15) is 43.2 Å². The van der Waals surface area contributed by atoms with Gasteiger partial charge >= 0.3 is 5.97 Å². The summed E-state index contributed by atoms with van der Waals surface area (Å²) in [4.78, 5) is 12.4. The second-order valence-electron chi connectivity index (χ2n) is 10.9. The third-order valence-electron chi connectivity index (χ3n) is 6.54. The number of esters is 1. The number of aliphatic hydroxyl groups excluding tert-OH is 7. The van der Waals surface area contributed by atoms with Crippen molar-refractivity contribution in [3.05, 3.63) is 0 Å². The molecular weight excluding hydrogens is 584 g/mol. The van der Waals surface area contributed by atoms with Crippen LogP contribution < -0.4 is 0 Å². The van der Waals surface area contributed by atoms with Crippen molar-refractivity contribution in [1.82, 2.24) is 0 Å². The molecule has 0 aliphatic heterocycles. The molecule has 0 aromatic carbocycles. The molecule has 14 nitrogen and oxygen atoms in total. The predicted octanol–water partition coefficient (Wildman–Crippen LogP) is -0.309. The van der Waals surface area contributed by atoms with Crippen LogP contribution in [0.1, 0.15) is 71.1 Å². The largest absolute Gasteiger partial charge is 0.463 e. The first-order valence-electron chi connectivity index (χ1n) is 15.9. The zero-order valence-corrected chi connectivity index (χ0v) is 26.5. The highest BCUT2D eigenvalue weighted by Crippen LogP contribution is 2.11. The molecule has 0 rings (SSSR count). The Labute approximate surface area is 262 Å².